The van der Waals surface area contributed by atoms with E-state index in [9.17, 15) is 18.0 Å². The molecule has 0 radical (unpaired) electrons. The summed E-state index contributed by atoms with van der Waals surface area (Å²) in [5.41, 5.74) is 0.675. The molecule has 2 fully saturated rings. The molecule has 1 saturated heterocycles. The predicted molar refractivity (Wildman–Crippen MR) is 106 cm³/mol. The third-order valence-corrected chi connectivity index (χ3v) is 6.00. The lowest BCUT2D eigenvalue weighted by molar-refractivity contribution is -0.137. The van der Waals surface area contributed by atoms with Gasteiger partial charge in [-0.1, -0.05) is 30.3 Å². The quantitative estimate of drug-likeness (QED) is 0.786. The molecule has 1 amide bonds. The number of hydrogen-bond donors (Lipinski definition) is 1. The van der Waals surface area contributed by atoms with Crippen LogP contribution in [-0.4, -0.2) is 30.9 Å². The lowest BCUT2D eigenvalue weighted by Crippen LogP contribution is -2.55. The molecule has 6 heteroatoms. The highest BCUT2D eigenvalue weighted by molar-refractivity contribution is 5.96. The van der Waals surface area contributed by atoms with Gasteiger partial charge in [-0.2, -0.15) is 13.2 Å². The van der Waals surface area contributed by atoms with Crippen LogP contribution in [0.2, 0.25) is 0 Å². The lowest BCUT2D eigenvalue weighted by atomic mass is 9.82. The normalized spacial score (nSPS) is 23.0. The molecule has 1 aliphatic carbocycles. The van der Waals surface area contributed by atoms with E-state index in [1.165, 1.54) is 6.07 Å². The van der Waals surface area contributed by atoms with E-state index >= 15 is 0 Å². The van der Waals surface area contributed by atoms with E-state index in [1.807, 2.05) is 37.4 Å². The molecule has 4 rings (SSSR count). The number of hydrogen-bond acceptors (Lipinski definition) is 2. The summed E-state index contributed by atoms with van der Waals surface area (Å²) < 4.78 is 39.5. The van der Waals surface area contributed by atoms with Crippen LogP contribution in [0.3, 0.4) is 0 Å². The molecule has 2 aliphatic rings. The number of amides is 1. The number of alkyl halides is 3. The van der Waals surface area contributed by atoms with Crippen molar-refractivity contribution < 1.29 is 18.0 Å². The number of piperidine rings is 1. The number of rotatable bonds is 4. The van der Waals surface area contributed by atoms with Gasteiger partial charge in [0.15, 0.2) is 0 Å². The largest absolute Gasteiger partial charge is 0.416 e. The molecule has 154 valence electrons. The maximum absolute atomic E-state index is 13.3. The van der Waals surface area contributed by atoms with Gasteiger partial charge in [-0.25, -0.2) is 0 Å². The van der Waals surface area contributed by atoms with Crippen LogP contribution in [0.1, 0.15) is 58.6 Å². The average molecular weight is 402 g/mol. The fraction of sp³-hybridized carbons (Fsp3) is 0.435. The van der Waals surface area contributed by atoms with Gasteiger partial charge in [0.1, 0.15) is 0 Å². The fourth-order valence-electron chi connectivity index (χ4n) is 4.40. The second-order valence-corrected chi connectivity index (χ2v) is 8.32. The van der Waals surface area contributed by atoms with Crippen molar-refractivity contribution in [2.45, 2.75) is 43.3 Å². The van der Waals surface area contributed by atoms with Crippen LogP contribution in [0, 0.1) is 0 Å². The van der Waals surface area contributed by atoms with Crippen molar-refractivity contribution in [3.8, 4) is 0 Å². The van der Waals surface area contributed by atoms with E-state index in [4.69, 9.17) is 0 Å². The molecule has 0 bridgehead atoms. The van der Waals surface area contributed by atoms with Crippen LogP contribution in [0.15, 0.2) is 48.5 Å². The molecule has 1 saturated carbocycles. The van der Waals surface area contributed by atoms with Crippen molar-refractivity contribution in [3.63, 3.8) is 0 Å². The number of nitrogens with one attached hydrogen (secondary N) is 1. The van der Waals surface area contributed by atoms with E-state index < -0.39 is 17.3 Å². The van der Waals surface area contributed by atoms with Crippen LogP contribution in [0.25, 0.3) is 0 Å². The van der Waals surface area contributed by atoms with Gasteiger partial charge in [0.05, 0.1) is 11.1 Å². The number of likely N-dealkylation sites (tertiary alicyclic amines) is 1. The van der Waals surface area contributed by atoms with E-state index in [-0.39, 0.29) is 11.8 Å². The lowest BCUT2D eigenvalue weighted by Gasteiger charge is -2.42. The summed E-state index contributed by atoms with van der Waals surface area (Å²) in [7, 11) is 2.02. The van der Waals surface area contributed by atoms with E-state index in [1.54, 1.807) is 0 Å². The summed E-state index contributed by atoms with van der Waals surface area (Å²) >= 11 is 0. The molecule has 2 aromatic carbocycles. The molecule has 0 spiro atoms. The summed E-state index contributed by atoms with van der Waals surface area (Å²) in [6, 6.07) is 13.4. The van der Waals surface area contributed by atoms with Gasteiger partial charge in [-0.05, 0) is 74.5 Å². The monoisotopic (exact) mass is 402 g/mol. The highest BCUT2D eigenvalue weighted by Gasteiger charge is 2.39. The summed E-state index contributed by atoms with van der Waals surface area (Å²) in [4.78, 5) is 15.5. The highest BCUT2D eigenvalue weighted by atomic mass is 19.4. The third-order valence-electron chi connectivity index (χ3n) is 6.00. The Bertz CT molecular complexity index is 893. The van der Waals surface area contributed by atoms with Gasteiger partial charge in [0, 0.05) is 12.1 Å². The molecule has 1 aliphatic heterocycles. The average Bonchev–Trinajstić information content (AvgIpc) is 3.53. The van der Waals surface area contributed by atoms with Gasteiger partial charge in [0.25, 0.3) is 5.91 Å². The molecule has 1 heterocycles. The van der Waals surface area contributed by atoms with Crippen LogP contribution < -0.4 is 5.32 Å². The Morgan fingerprint density at radius 3 is 2.48 bits per heavy atom. The van der Waals surface area contributed by atoms with Gasteiger partial charge in [-0.15, -0.1) is 0 Å². The maximum atomic E-state index is 13.3. The zero-order valence-electron chi connectivity index (χ0n) is 16.4. The van der Waals surface area contributed by atoms with Gasteiger partial charge >= 0.3 is 6.18 Å². The molecule has 0 aromatic heterocycles. The van der Waals surface area contributed by atoms with Crippen LogP contribution in [-0.2, 0) is 11.7 Å². The first-order valence-electron chi connectivity index (χ1n) is 10.1. The first kappa shape index (κ1) is 20.0. The minimum Gasteiger partial charge on any atom is -0.341 e. The Hall–Kier alpha value is -2.34. The minimum atomic E-state index is -4.41. The van der Waals surface area contributed by atoms with Crippen LogP contribution >= 0.6 is 0 Å². The van der Waals surface area contributed by atoms with Gasteiger partial charge < -0.3 is 10.2 Å². The van der Waals surface area contributed by atoms with E-state index in [2.05, 4.69) is 10.2 Å². The van der Waals surface area contributed by atoms with Crippen molar-refractivity contribution in [2.24, 2.45) is 0 Å². The highest BCUT2D eigenvalue weighted by Crippen LogP contribution is 2.44. The first-order chi connectivity index (χ1) is 13.8. The van der Waals surface area contributed by atoms with Crippen LogP contribution in [0.5, 0.6) is 0 Å². The molecule has 1 atom stereocenters. The Morgan fingerprint density at radius 2 is 1.86 bits per heavy atom. The first-order valence-corrected chi connectivity index (χ1v) is 10.1. The molecule has 3 nitrogen and oxygen atoms in total. The van der Waals surface area contributed by atoms with Crippen molar-refractivity contribution in [1.82, 2.24) is 10.2 Å². The summed E-state index contributed by atoms with van der Waals surface area (Å²) in [5, 5.41) is 3.21. The topological polar surface area (TPSA) is 32.3 Å². The Kier molecular flexibility index (Phi) is 5.15. The van der Waals surface area contributed by atoms with Gasteiger partial charge in [0.2, 0.25) is 0 Å². The fourth-order valence-corrected chi connectivity index (χ4v) is 4.40. The molecule has 1 N–H and O–H groups in total. The second kappa shape index (κ2) is 7.48. The standard InChI is InChI=1S/C23H25F3N2O/c1-28-13-5-12-22(15-28,17-6-3-2-4-7-17)27-21(29)19-11-10-18(23(24,25)26)14-20(19)16-8-9-16/h2-4,6-7,10-11,14,16H,5,8-9,12-13,15H2,1H3,(H,27,29)/t22-/m0/s1. The predicted octanol–water partition coefficient (Wildman–Crippen LogP) is 4.93. The molecular weight excluding hydrogens is 377 g/mol. The summed E-state index contributed by atoms with van der Waals surface area (Å²) in [6.07, 6.45) is -1.01. The Balaban J connectivity index is 1.68. The maximum Gasteiger partial charge on any atom is 0.416 e. The zero-order valence-corrected chi connectivity index (χ0v) is 16.4. The van der Waals surface area contributed by atoms with Crippen molar-refractivity contribution in [1.29, 1.82) is 0 Å². The van der Waals surface area contributed by atoms with E-state index in [0.717, 1.165) is 49.9 Å². The van der Waals surface area contributed by atoms with Crippen molar-refractivity contribution in [3.05, 3.63) is 70.8 Å². The molecule has 2 aromatic rings. The number of carbonyl (C=O) groups is 1. The minimum absolute atomic E-state index is 0.0414. The summed E-state index contributed by atoms with van der Waals surface area (Å²) in [6.45, 7) is 1.63. The van der Waals surface area contributed by atoms with Crippen molar-refractivity contribution in [2.75, 3.05) is 20.1 Å². The number of nitrogens with zero attached hydrogens (tertiary/aromatic N) is 1. The zero-order chi connectivity index (χ0) is 20.6. The second-order valence-electron chi connectivity index (χ2n) is 8.32. The van der Waals surface area contributed by atoms with E-state index in [0.29, 0.717) is 17.7 Å². The smallest absolute Gasteiger partial charge is 0.341 e. The van der Waals surface area contributed by atoms with Crippen molar-refractivity contribution >= 4 is 5.91 Å². The number of halogens is 3. The number of carbonyl (C=O) groups excluding carboxylic acids is 1. The number of likely N-dealkylation sites (N-methyl/N-ethyl adjacent to an activating group) is 1. The number of benzene rings is 2. The molecule has 0 unspecified atom stereocenters. The van der Waals surface area contributed by atoms with Crippen LogP contribution in [0.4, 0.5) is 13.2 Å². The third kappa shape index (κ3) is 4.17. The molecular formula is C23H25F3N2O. The SMILES string of the molecule is CN1CCC[C@@](NC(=O)c2ccc(C(F)(F)F)cc2C2CC2)(c2ccccc2)C1. The Labute approximate surface area is 168 Å². The molecule has 29 heavy (non-hydrogen) atoms. The Morgan fingerprint density at radius 1 is 1.14 bits per heavy atom. The van der Waals surface area contributed by atoms with Gasteiger partial charge in [-0.3, -0.25) is 4.79 Å². The summed E-state index contributed by atoms with van der Waals surface area (Å²) in [5.74, 6) is -0.250.